The summed E-state index contributed by atoms with van der Waals surface area (Å²) in [4.78, 5) is 0. The lowest BCUT2D eigenvalue weighted by Gasteiger charge is -2.05. The fraction of sp³-hybridized carbons (Fsp3) is 0.778. The molecule has 0 radical (unpaired) electrons. The van der Waals surface area contributed by atoms with Crippen LogP contribution in [0.15, 0.2) is 0 Å². The van der Waals surface area contributed by atoms with Crippen LogP contribution in [0.3, 0.4) is 0 Å². The maximum absolute atomic E-state index is 5.13. The molecule has 0 aromatic carbocycles. The number of hydrogen-bond acceptors (Lipinski definition) is 1. The zero-order valence-electron chi connectivity index (χ0n) is 7.39. The van der Waals surface area contributed by atoms with Gasteiger partial charge in [-0.15, -0.1) is 12.4 Å². The highest BCUT2D eigenvalue weighted by Crippen LogP contribution is 2.11. The summed E-state index contributed by atoms with van der Waals surface area (Å²) in [5.74, 6) is 3.55. The van der Waals surface area contributed by atoms with Crippen LogP contribution in [0, 0.1) is 17.9 Å². The van der Waals surface area contributed by atoms with Crippen molar-refractivity contribution in [3.05, 3.63) is 0 Å². The van der Waals surface area contributed by atoms with Gasteiger partial charge in [-0.3, -0.25) is 0 Å². The van der Waals surface area contributed by atoms with E-state index in [0.29, 0.717) is 5.92 Å². The van der Waals surface area contributed by atoms with Crippen LogP contribution in [0.2, 0.25) is 0 Å². The Kier molecular flexibility index (Phi) is 11.6. The monoisotopic (exact) mass is 175 g/mol. The lowest BCUT2D eigenvalue weighted by molar-refractivity contribution is 0.546. The molecule has 0 saturated heterocycles. The molecule has 0 atom stereocenters. The molecule has 0 aliphatic heterocycles. The fourth-order valence-corrected chi connectivity index (χ4v) is 1.10. The molecule has 2 heteroatoms. The topological polar surface area (TPSA) is 26.0 Å². The molecule has 66 valence electrons. The largest absolute Gasteiger partial charge is 0.359 e. The van der Waals surface area contributed by atoms with Crippen molar-refractivity contribution in [1.82, 2.24) is 0 Å². The van der Waals surface area contributed by atoms with Gasteiger partial charge in [0.15, 0.2) is 0 Å². The molecule has 0 saturated carbocycles. The van der Waals surface area contributed by atoms with Gasteiger partial charge in [0.05, 0.1) is 0 Å². The highest BCUT2D eigenvalue weighted by molar-refractivity contribution is 5.85. The smallest absolute Gasteiger partial charge is 0.0220 e. The highest BCUT2D eigenvalue weighted by atomic mass is 35.5. The van der Waals surface area contributed by atoms with E-state index < -0.39 is 0 Å². The summed E-state index contributed by atoms with van der Waals surface area (Å²) < 4.78 is 0. The Morgan fingerprint density at radius 1 is 1.18 bits per heavy atom. The van der Waals surface area contributed by atoms with Crippen LogP contribution < -0.4 is 5.73 Å². The van der Waals surface area contributed by atoms with Crippen molar-refractivity contribution >= 4 is 12.4 Å². The zero-order chi connectivity index (χ0) is 7.82. The summed E-state index contributed by atoms with van der Waals surface area (Å²) >= 11 is 0. The predicted octanol–water partition coefficient (Wildman–Crippen LogP) is 2.54. The van der Waals surface area contributed by atoms with Gasteiger partial charge in [-0.1, -0.05) is 32.6 Å². The molecule has 0 aliphatic carbocycles. The average Bonchev–Trinajstić information content (AvgIpc) is 1.90. The van der Waals surface area contributed by atoms with Crippen molar-refractivity contribution < 1.29 is 0 Å². The number of nitrogens with two attached hydrogens (primary N) is 1. The first-order chi connectivity index (χ1) is 4.85. The second kappa shape index (κ2) is 9.65. The average molecular weight is 176 g/mol. The molecule has 0 aliphatic rings. The first-order valence-electron chi connectivity index (χ1n) is 4.06. The van der Waals surface area contributed by atoms with Crippen LogP contribution in [-0.2, 0) is 0 Å². The van der Waals surface area contributed by atoms with Crippen molar-refractivity contribution in [3.8, 4) is 12.0 Å². The van der Waals surface area contributed by atoms with Crippen LogP contribution in [0.1, 0.15) is 39.5 Å². The molecule has 0 aromatic rings. The molecule has 0 fully saturated rings. The molecular formula is C9H18ClN. The van der Waals surface area contributed by atoms with Crippen LogP contribution in [0.25, 0.3) is 0 Å². The summed E-state index contributed by atoms with van der Waals surface area (Å²) in [6.45, 7) is 4.36. The molecule has 0 amide bonds. The third-order valence-corrected chi connectivity index (χ3v) is 1.56. The summed E-state index contributed by atoms with van der Waals surface area (Å²) in [6.07, 6.45) is 4.80. The standard InChI is InChI=1S/C9H17N.ClH/c1-3-5-9(6-4-2)7-8-10;/h9H,3-6,10H2,1-2H3;1H. The Hall–Kier alpha value is -0.350. The Morgan fingerprint density at radius 2 is 1.64 bits per heavy atom. The van der Waals surface area contributed by atoms with Gasteiger partial charge >= 0.3 is 0 Å². The molecule has 1 nitrogen and oxygen atoms in total. The maximum Gasteiger partial charge on any atom is 0.0220 e. The van der Waals surface area contributed by atoms with Crippen molar-refractivity contribution in [2.24, 2.45) is 11.7 Å². The summed E-state index contributed by atoms with van der Waals surface area (Å²) in [5.41, 5.74) is 5.13. The van der Waals surface area contributed by atoms with Crippen molar-refractivity contribution in [2.75, 3.05) is 0 Å². The van der Waals surface area contributed by atoms with E-state index in [1.807, 2.05) is 0 Å². The molecule has 0 rings (SSSR count). The third-order valence-electron chi connectivity index (χ3n) is 1.56. The van der Waals surface area contributed by atoms with E-state index in [-0.39, 0.29) is 12.4 Å². The van der Waals surface area contributed by atoms with Crippen molar-refractivity contribution in [3.63, 3.8) is 0 Å². The number of hydrogen-bond donors (Lipinski definition) is 1. The van der Waals surface area contributed by atoms with E-state index in [1.165, 1.54) is 25.7 Å². The molecule has 0 heterocycles. The van der Waals surface area contributed by atoms with E-state index in [1.54, 1.807) is 0 Å². The van der Waals surface area contributed by atoms with E-state index in [9.17, 15) is 0 Å². The van der Waals surface area contributed by atoms with Gasteiger partial charge in [-0.05, 0) is 12.8 Å². The Morgan fingerprint density at radius 3 is 1.91 bits per heavy atom. The summed E-state index contributed by atoms with van der Waals surface area (Å²) in [6, 6.07) is 2.49. The summed E-state index contributed by atoms with van der Waals surface area (Å²) in [7, 11) is 0. The Labute approximate surface area is 76.2 Å². The fourth-order valence-electron chi connectivity index (χ4n) is 1.10. The van der Waals surface area contributed by atoms with E-state index >= 15 is 0 Å². The van der Waals surface area contributed by atoms with Gasteiger partial charge in [0.2, 0.25) is 0 Å². The van der Waals surface area contributed by atoms with Crippen molar-refractivity contribution in [1.29, 1.82) is 0 Å². The third kappa shape index (κ3) is 7.55. The van der Waals surface area contributed by atoms with Gasteiger partial charge < -0.3 is 5.73 Å². The van der Waals surface area contributed by atoms with Gasteiger partial charge in [-0.2, -0.15) is 0 Å². The highest BCUT2D eigenvalue weighted by Gasteiger charge is 2.00. The minimum atomic E-state index is 0. The van der Waals surface area contributed by atoms with Crippen molar-refractivity contribution in [2.45, 2.75) is 39.5 Å². The van der Waals surface area contributed by atoms with E-state index in [4.69, 9.17) is 5.73 Å². The predicted molar refractivity (Wildman–Crippen MR) is 52.5 cm³/mol. The second-order valence-corrected chi connectivity index (χ2v) is 2.56. The van der Waals surface area contributed by atoms with Gasteiger partial charge in [0, 0.05) is 12.0 Å². The number of halogens is 1. The van der Waals surface area contributed by atoms with Gasteiger partial charge in [-0.25, -0.2) is 0 Å². The zero-order valence-corrected chi connectivity index (χ0v) is 8.21. The first kappa shape index (κ1) is 13.3. The second-order valence-electron chi connectivity index (χ2n) is 2.56. The molecular weight excluding hydrogens is 158 g/mol. The molecule has 11 heavy (non-hydrogen) atoms. The van der Waals surface area contributed by atoms with E-state index in [0.717, 1.165) is 0 Å². The maximum atomic E-state index is 5.13. The van der Waals surface area contributed by atoms with Crippen LogP contribution in [0.4, 0.5) is 0 Å². The quantitative estimate of drug-likeness (QED) is 0.516. The normalized spacial score (nSPS) is 8.27. The SMILES string of the molecule is CCCC(C#CN)CCC.Cl. The Balaban J connectivity index is 0. The number of rotatable bonds is 4. The summed E-state index contributed by atoms with van der Waals surface area (Å²) in [5, 5.41) is 0. The van der Waals surface area contributed by atoms with Gasteiger partial charge in [0.25, 0.3) is 0 Å². The minimum absolute atomic E-state index is 0. The molecule has 0 bridgehead atoms. The Bertz CT molecular complexity index is 117. The van der Waals surface area contributed by atoms with E-state index in [2.05, 4.69) is 25.8 Å². The van der Waals surface area contributed by atoms with Crippen LogP contribution in [0.5, 0.6) is 0 Å². The first-order valence-corrected chi connectivity index (χ1v) is 4.06. The molecule has 0 unspecified atom stereocenters. The minimum Gasteiger partial charge on any atom is -0.359 e. The molecule has 2 N–H and O–H groups in total. The van der Waals surface area contributed by atoms with Gasteiger partial charge in [0.1, 0.15) is 0 Å². The van der Waals surface area contributed by atoms with Crippen LogP contribution >= 0.6 is 12.4 Å². The molecule has 0 aromatic heterocycles. The molecule has 0 spiro atoms. The lowest BCUT2D eigenvalue weighted by atomic mass is 9.99. The van der Waals surface area contributed by atoms with Crippen LogP contribution in [-0.4, -0.2) is 0 Å². The lowest BCUT2D eigenvalue weighted by Crippen LogP contribution is -1.96.